The second-order valence-corrected chi connectivity index (χ2v) is 6.86. The van der Waals surface area contributed by atoms with Crippen LogP contribution in [0, 0.1) is 0 Å². The Morgan fingerprint density at radius 2 is 1.84 bits per heavy atom. The zero-order chi connectivity index (χ0) is 18.1. The molecule has 0 radical (unpaired) electrons. The molecule has 1 fully saturated rings. The van der Waals surface area contributed by atoms with Crippen LogP contribution in [-0.4, -0.2) is 79.6 Å². The highest BCUT2D eigenvalue weighted by Crippen LogP contribution is 2.07. The lowest BCUT2D eigenvalue weighted by atomic mass is 10.2. The summed E-state index contributed by atoms with van der Waals surface area (Å²) in [7, 11) is 2.11. The predicted molar refractivity (Wildman–Crippen MR) is 107 cm³/mol. The lowest BCUT2D eigenvalue weighted by Crippen LogP contribution is -2.50. The molecule has 1 atom stereocenters. The molecule has 1 aromatic carbocycles. The summed E-state index contributed by atoms with van der Waals surface area (Å²) in [5.41, 5.74) is 1.30. The third kappa shape index (κ3) is 6.33. The zero-order valence-electron chi connectivity index (χ0n) is 16.4. The van der Waals surface area contributed by atoms with E-state index in [-0.39, 0.29) is 0 Å². The number of nitrogens with one attached hydrogen (secondary N) is 1. The fourth-order valence-electron chi connectivity index (χ4n) is 3.26. The van der Waals surface area contributed by atoms with Crippen molar-refractivity contribution in [3.8, 4) is 0 Å². The van der Waals surface area contributed by atoms with E-state index in [1.807, 2.05) is 0 Å². The van der Waals surface area contributed by atoms with Crippen molar-refractivity contribution in [3.05, 3.63) is 35.9 Å². The van der Waals surface area contributed by atoms with Gasteiger partial charge >= 0.3 is 0 Å². The molecular weight excluding hydrogens is 310 g/mol. The molecule has 0 aliphatic carbocycles. The molecule has 1 aromatic rings. The van der Waals surface area contributed by atoms with Gasteiger partial charge in [-0.25, -0.2) is 0 Å². The number of aliphatic imine (C=N–C) groups is 1. The Hall–Kier alpha value is -1.59. The smallest absolute Gasteiger partial charge is 0.194 e. The highest BCUT2D eigenvalue weighted by molar-refractivity contribution is 5.79. The summed E-state index contributed by atoms with van der Waals surface area (Å²) in [6.07, 6.45) is 0. The second-order valence-electron chi connectivity index (χ2n) is 6.86. The Kier molecular flexibility index (Phi) is 8.22. The second kappa shape index (κ2) is 10.4. The number of nitrogens with zero attached hydrogens (tertiary/aromatic N) is 4. The average molecular weight is 346 g/mol. The Morgan fingerprint density at radius 3 is 2.44 bits per heavy atom. The third-order valence-electron chi connectivity index (χ3n) is 4.94. The van der Waals surface area contributed by atoms with Crippen molar-refractivity contribution in [2.75, 3.05) is 52.9 Å². The highest BCUT2D eigenvalue weighted by atomic mass is 15.3. The first-order chi connectivity index (χ1) is 12.1. The molecule has 0 spiro atoms. The first kappa shape index (κ1) is 19.7. The van der Waals surface area contributed by atoms with Crippen LogP contribution in [0.3, 0.4) is 0 Å². The van der Waals surface area contributed by atoms with Crippen molar-refractivity contribution in [3.63, 3.8) is 0 Å². The monoisotopic (exact) mass is 345 g/mol. The van der Waals surface area contributed by atoms with E-state index in [4.69, 9.17) is 4.99 Å². The molecule has 1 aliphatic rings. The van der Waals surface area contributed by atoms with Gasteiger partial charge in [-0.2, -0.15) is 0 Å². The van der Waals surface area contributed by atoms with Crippen LogP contribution < -0.4 is 5.32 Å². The summed E-state index contributed by atoms with van der Waals surface area (Å²) in [6, 6.07) is 11.0. The Labute approximate surface area is 153 Å². The molecule has 1 heterocycles. The molecule has 0 bridgehead atoms. The van der Waals surface area contributed by atoms with Crippen LogP contribution in [-0.2, 0) is 6.54 Å². The van der Waals surface area contributed by atoms with Crippen molar-refractivity contribution in [2.24, 2.45) is 4.99 Å². The van der Waals surface area contributed by atoms with Gasteiger partial charge in [-0.15, -0.1) is 0 Å². The number of likely N-dealkylation sites (N-methyl/N-ethyl adjacent to an activating group) is 1. The lowest BCUT2D eigenvalue weighted by molar-refractivity contribution is 0.109. The van der Waals surface area contributed by atoms with Crippen LogP contribution in [0.1, 0.15) is 26.3 Å². The maximum Gasteiger partial charge on any atom is 0.194 e. The van der Waals surface area contributed by atoms with Gasteiger partial charge in [0.1, 0.15) is 0 Å². The van der Waals surface area contributed by atoms with Gasteiger partial charge < -0.3 is 15.1 Å². The standard InChI is InChI=1S/C20H35N5/c1-5-21-20(23(4)17-19-10-8-7-9-11-19)22-16-18(3)25-14-12-24(6-2)13-15-25/h7-11,18H,5-6,12-17H2,1-4H3,(H,21,22). The van der Waals surface area contributed by atoms with E-state index < -0.39 is 0 Å². The highest BCUT2D eigenvalue weighted by Gasteiger charge is 2.20. The molecule has 5 heteroatoms. The number of rotatable bonds is 7. The van der Waals surface area contributed by atoms with Crippen molar-refractivity contribution >= 4 is 5.96 Å². The Balaban J connectivity index is 1.89. The van der Waals surface area contributed by atoms with Gasteiger partial charge in [0.25, 0.3) is 0 Å². The number of hydrogen-bond donors (Lipinski definition) is 1. The van der Waals surface area contributed by atoms with Crippen molar-refractivity contribution in [2.45, 2.75) is 33.4 Å². The van der Waals surface area contributed by atoms with Gasteiger partial charge in [0.05, 0.1) is 6.54 Å². The maximum absolute atomic E-state index is 4.90. The molecule has 0 amide bonds. The lowest BCUT2D eigenvalue weighted by Gasteiger charge is -2.37. The fraction of sp³-hybridized carbons (Fsp3) is 0.650. The molecule has 0 aromatic heterocycles. The summed E-state index contributed by atoms with van der Waals surface area (Å²) in [6.45, 7) is 15.1. The van der Waals surface area contributed by atoms with Crippen LogP contribution in [0.25, 0.3) is 0 Å². The van der Waals surface area contributed by atoms with E-state index in [0.29, 0.717) is 6.04 Å². The largest absolute Gasteiger partial charge is 0.357 e. The minimum atomic E-state index is 0.484. The van der Waals surface area contributed by atoms with Gasteiger partial charge in [0, 0.05) is 52.4 Å². The molecule has 140 valence electrons. The molecule has 1 unspecified atom stereocenters. The van der Waals surface area contributed by atoms with E-state index in [1.165, 1.54) is 18.7 Å². The predicted octanol–water partition coefficient (Wildman–Crippen LogP) is 2.11. The van der Waals surface area contributed by atoms with E-state index in [9.17, 15) is 0 Å². The summed E-state index contributed by atoms with van der Waals surface area (Å²) in [4.78, 5) is 12.2. The van der Waals surface area contributed by atoms with Gasteiger partial charge in [0.2, 0.25) is 0 Å². The molecule has 0 saturated carbocycles. The first-order valence-electron chi connectivity index (χ1n) is 9.63. The van der Waals surface area contributed by atoms with Crippen LogP contribution in [0.5, 0.6) is 0 Å². The molecule has 1 aliphatic heterocycles. The summed E-state index contributed by atoms with van der Waals surface area (Å²) < 4.78 is 0. The quantitative estimate of drug-likeness (QED) is 0.606. The topological polar surface area (TPSA) is 34.1 Å². The van der Waals surface area contributed by atoms with Crippen LogP contribution >= 0.6 is 0 Å². The van der Waals surface area contributed by atoms with Crippen LogP contribution in [0.4, 0.5) is 0 Å². The van der Waals surface area contributed by atoms with Gasteiger partial charge in [-0.1, -0.05) is 37.3 Å². The Bertz CT molecular complexity index is 508. The van der Waals surface area contributed by atoms with Gasteiger partial charge in [-0.3, -0.25) is 9.89 Å². The minimum absolute atomic E-state index is 0.484. The first-order valence-corrected chi connectivity index (χ1v) is 9.63. The summed E-state index contributed by atoms with van der Waals surface area (Å²) >= 11 is 0. The number of hydrogen-bond acceptors (Lipinski definition) is 3. The SMILES string of the molecule is CCNC(=NCC(C)N1CCN(CC)CC1)N(C)Cc1ccccc1. The van der Waals surface area contributed by atoms with Crippen molar-refractivity contribution < 1.29 is 0 Å². The van der Waals surface area contributed by atoms with E-state index in [1.54, 1.807) is 0 Å². The average Bonchev–Trinajstić information content (AvgIpc) is 2.65. The van der Waals surface area contributed by atoms with Crippen LogP contribution in [0.15, 0.2) is 35.3 Å². The number of guanidine groups is 1. The van der Waals surface area contributed by atoms with Gasteiger partial charge in [0.15, 0.2) is 5.96 Å². The Morgan fingerprint density at radius 1 is 1.16 bits per heavy atom. The molecule has 5 nitrogen and oxygen atoms in total. The van der Waals surface area contributed by atoms with E-state index in [0.717, 1.165) is 45.2 Å². The fourth-order valence-corrected chi connectivity index (χ4v) is 3.26. The van der Waals surface area contributed by atoms with E-state index >= 15 is 0 Å². The zero-order valence-corrected chi connectivity index (χ0v) is 16.4. The molecule has 25 heavy (non-hydrogen) atoms. The summed E-state index contributed by atoms with van der Waals surface area (Å²) in [5.74, 6) is 0.991. The number of piperazine rings is 1. The minimum Gasteiger partial charge on any atom is -0.357 e. The molecular formula is C20H35N5. The molecule has 1 saturated heterocycles. The summed E-state index contributed by atoms with van der Waals surface area (Å²) in [5, 5.41) is 3.43. The third-order valence-corrected chi connectivity index (χ3v) is 4.94. The van der Waals surface area contributed by atoms with Gasteiger partial charge in [-0.05, 0) is 26.0 Å². The molecule has 2 rings (SSSR count). The molecule has 1 N–H and O–H groups in total. The maximum atomic E-state index is 4.90. The number of benzene rings is 1. The van der Waals surface area contributed by atoms with E-state index in [2.05, 4.69) is 78.2 Å². The van der Waals surface area contributed by atoms with Crippen molar-refractivity contribution in [1.29, 1.82) is 0 Å². The van der Waals surface area contributed by atoms with Crippen molar-refractivity contribution in [1.82, 2.24) is 20.0 Å². The van der Waals surface area contributed by atoms with Crippen LogP contribution in [0.2, 0.25) is 0 Å². The normalized spacial score (nSPS) is 18.2.